The Morgan fingerprint density at radius 3 is 2.50 bits per heavy atom. The van der Waals surface area contributed by atoms with Gasteiger partial charge in [-0.25, -0.2) is 9.78 Å². The van der Waals surface area contributed by atoms with E-state index in [1.54, 1.807) is 26.6 Å². The van der Waals surface area contributed by atoms with Crippen LogP contribution in [0.2, 0.25) is 0 Å². The summed E-state index contributed by atoms with van der Waals surface area (Å²) in [6, 6.07) is 11.2. The van der Waals surface area contributed by atoms with Crippen LogP contribution in [0, 0.1) is 5.92 Å². The van der Waals surface area contributed by atoms with Gasteiger partial charge in [0, 0.05) is 74.8 Å². The molecule has 3 aromatic rings. The molecule has 2 aliphatic rings. The van der Waals surface area contributed by atoms with Crippen molar-refractivity contribution in [1.29, 1.82) is 0 Å². The molecular weight excluding hydrogens is 486 g/mol. The van der Waals surface area contributed by atoms with Crippen LogP contribution in [0.1, 0.15) is 6.42 Å². The predicted molar refractivity (Wildman–Crippen MR) is 145 cm³/mol. The number of carbonyl (C=O) groups excluding carboxylic acids is 2. The van der Waals surface area contributed by atoms with E-state index in [1.807, 2.05) is 24.3 Å². The topological polar surface area (TPSA) is 113 Å². The average Bonchev–Trinajstić information content (AvgIpc) is 2.93. The Bertz CT molecular complexity index is 1390. The van der Waals surface area contributed by atoms with Crippen molar-refractivity contribution in [3.63, 3.8) is 0 Å². The standard InChI is InChI=1S/C27H31N7O4/c1-3-23(35)33-17-19(18-33)10-11-34-24(36)9-4-20-16-28-26(30-25(20)34)29-21-5-7-22(8-6-21)31-12-14-32(15-13-31)27(37)38-2/h3-9,16,19H,1,10-15,17-18H2,2H3,(H,28,29,30). The van der Waals surface area contributed by atoms with Crippen LogP contribution in [0.15, 0.2) is 60.0 Å². The first-order valence-electron chi connectivity index (χ1n) is 12.7. The van der Waals surface area contributed by atoms with Gasteiger partial charge in [-0.3, -0.25) is 14.2 Å². The predicted octanol–water partition coefficient (Wildman–Crippen LogP) is 2.46. The van der Waals surface area contributed by atoms with Gasteiger partial charge >= 0.3 is 6.09 Å². The fourth-order valence-electron chi connectivity index (χ4n) is 4.88. The van der Waals surface area contributed by atoms with Gasteiger partial charge in [0.2, 0.25) is 11.9 Å². The number of aromatic nitrogens is 3. The number of likely N-dealkylation sites (tertiary alicyclic amines) is 1. The number of hydrogen-bond donors (Lipinski definition) is 1. The molecule has 0 saturated carbocycles. The Kier molecular flexibility index (Phi) is 7.25. The van der Waals surface area contributed by atoms with Gasteiger partial charge < -0.3 is 24.8 Å². The van der Waals surface area contributed by atoms with Crippen molar-refractivity contribution in [1.82, 2.24) is 24.3 Å². The molecule has 0 bridgehead atoms. The summed E-state index contributed by atoms with van der Waals surface area (Å²) in [7, 11) is 1.40. The molecule has 2 aliphatic heterocycles. The molecule has 2 aromatic heterocycles. The van der Waals surface area contributed by atoms with Gasteiger partial charge in [0.05, 0.1) is 7.11 Å². The van der Waals surface area contributed by atoms with E-state index in [-0.39, 0.29) is 17.6 Å². The lowest BCUT2D eigenvalue weighted by atomic mass is 9.96. The number of carbonyl (C=O) groups is 2. The molecule has 198 valence electrons. The highest BCUT2D eigenvalue weighted by atomic mass is 16.5. The summed E-state index contributed by atoms with van der Waals surface area (Å²) >= 11 is 0. The van der Waals surface area contributed by atoms with Crippen molar-refractivity contribution in [3.05, 3.63) is 65.6 Å². The molecule has 0 atom stereocenters. The molecule has 2 saturated heterocycles. The number of pyridine rings is 1. The third-order valence-electron chi connectivity index (χ3n) is 7.13. The van der Waals surface area contributed by atoms with Gasteiger partial charge in [-0.15, -0.1) is 0 Å². The highest BCUT2D eigenvalue weighted by Crippen LogP contribution is 2.23. The second-order valence-electron chi connectivity index (χ2n) is 9.51. The van der Waals surface area contributed by atoms with Crippen molar-refractivity contribution in [2.75, 3.05) is 56.6 Å². The molecule has 11 nitrogen and oxygen atoms in total. The first-order chi connectivity index (χ1) is 18.4. The van der Waals surface area contributed by atoms with Crippen molar-refractivity contribution < 1.29 is 14.3 Å². The molecule has 38 heavy (non-hydrogen) atoms. The minimum Gasteiger partial charge on any atom is -0.453 e. The molecule has 0 radical (unpaired) electrons. The van der Waals surface area contributed by atoms with E-state index >= 15 is 0 Å². The molecule has 5 rings (SSSR count). The van der Waals surface area contributed by atoms with Crippen LogP contribution in [-0.2, 0) is 16.1 Å². The van der Waals surface area contributed by atoms with Crippen molar-refractivity contribution in [2.24, 2.45) is 5.92 Å². The molecule has 4 heterocycles. The van der Waals surface area contributed by atoms with Crippen LogP contribution in [0.5, 0.6) is 0 Å². The average molecular weight is 518 g/mol. The third kappa shape index (κ3) is 5.31. The van der Waals surface area contributed by atoms with Crippen LogP contribution >= 0.6 is 0 Å². The maximum atomic E-state index is 12.7. The van der Waals surface area contributed by atoms with Crippen LogP contribution in [0.4, 0.5) is 22.1 Å². The Morgan fingerprint density at radius 1 is 1.08 bits per heavy atom. The SMILES string of the molecule is C=CC(=O)N1CC(CCn2c(=O)ccc3cnc(Nc4ccc(N5CCN(C(=O)OC)CC5)cc4)nc32)C1. The molecule has 1 N–H and O–H groups in total. The first kappa shape index (κ1) is 25.2. The van der Waals surface area contributed by atoms with E-state index in [2.05, 4.69) is 26.8 Å². The van der Waals surface area contributed by atoms with Crippen LogP contribution in [0.3, 0.4) is 0 Å². The van der Waals surface area contributed by atoms with E-state index < -0.39 is 0 Å². The number of fused-ring (bicyclic) bond motifs is 1. The maximum absolute atomic E-state index is 12.7. The summed E-state index contributed by atoms with van der Waals surface area (Å²) in [5.41, 5.74) is 2.36. The number of methoxy groups -OCH3 is 1. The van der Waals surface area contributed by atoms with E-state index in [4.69, 9.17) is 4.74 Å². The summed E-state index contributed by atoms with van der Waals surface area (Å²) in [6.07, 6.45) is 3.53. The van der Waals surface area contributed by atoms with Gasteiger partial charge in [-0.05, 0) is 48.7 Å². The number of aryl methyl sites for hydroxylation is 1. The lowest BCUT2D eigenvalue weighted by Gasteiger charge is -2.38. The van der Waals surface area contributed by atoms with Crippen LogP contribution in [-0.4, -0.2) is 82.7 Å². The van der Waals surface area contributed by atoms with Crippen molar-refractivity contribution in [3.8, 4) is 0 Å². The van der Waals surface area contributed by atoms with Gasteiger partial charge in [0.25, 0.3) is 5.56 Å². The number of nitrogens with zero attached hydrogens (tertiary/aromatic N) is 6. The van der Waals surface area contributed by atoms with Gasteiger partial charge in [0.1, 0.15) is 5.65 Å². The van der Waals surface area contributed by atoms with Crippen LogP contribution < -0.4 is 15.8 Å². The lowest BCUT2D eigenvalue weighted by molar-refractivity contribution is -0.132. The largest absolute Gasteiger partial charge is 0.453 e. The number of hydrogen-bond acceptors (Lipinski definition) is 8. The normalized spacial score (nSPS) is 15.8. The monoisotopic (exact) mass is 517 g/mol. The minimum absolute atomic E-state index is 0.0544. The number of benzene rings is 1. The zero-order valence-electron chi connectivity index (χ0n) is 21.4. The number of piperazine rings is 1. The summed E-state index contributed by atoms with van der Waals surface area (Å²) in [6.45, 7) is 8.11. The summed E-state index contributed by atoms with van der Waals surface area (Å²) in [5.74, 6) is 0.700. The quantitative estimate of drug-likeness (QED) is 0.476. The number of nitrogens with one attached hydrogen (secondary N) is 1. The van der Waals surface area contributed by atoms with E-state index in [0.717, 1.165) is 36.3 Å². The molecular formula is C27H31N7O4. The lowest BCUT2D eigenvalue weighted by Crippen LogP contribution is -2.49. The van der Waals surface area contributed by atoms with Gasteiger partial charge in [-0.1, -0.05) is 6.58 Å². The first-order valence-corrected chi connectivity index (χ1v) is 12.7. The van der Waals surface area contributed by atoms with E-state index in [9.17, 15) is 14.4 Å². The van der Waals surface area contributed by atoms with Crippen LogP contribution in [0.25, 0.3) is 11.0 Å². The highest BCUT2D eigenvalue weighted by molar-refractivity contribution is 5.87. The van der Waals surface area contributed by atoms with Gasteiger partial charge in [-0.2, -0.15) is 4.98 Å². The summed E-state index contributed by atoms with van der Waals surface area (Å²) in [5, 5.41) is 4.02. The second kappa shape index (κ2) is 10.9. The summed E-state index contributed by atoms with van der Waals surface area (Å²) < 4.78 is 6.48. The van der Waals surface area contributed by atoms with Gasteiger partial charge in [0.15, 0.2) is 0 Å². The molecule has 0 spiro atoms. The Balaban J connectivity index is 1.24. The zero-order valence-corrected chi connectivity index (χ0v) is 21.4. The maximum Gasteiger partial charge on any atom is 0.409 e. The van der Waals surface area contributed by atoms with Crippen molar-refractivity contribution in [2.45, 2.75) is 13.0 Å². The van der Waals surface area contributed by atoms with Crippen molar-refractivity contribution >= 4 is 40.4 Å². The fourth-order valence-corrected chi connectivity index (χ4v) is 4.88. The zero-order chi connectivity index (χ0) is 26.6. The second-order valence-corrected chi connectivity index (χ2v) is 9.51. The molecule has 0 aliphatic carbocycles. The number of amides is 2. The number of anilines is 3. The fraction of sp³-hybridized carbons (Fsp3) is 0.370. The minimum atomic E-state index is -0.292. The van der Waals surface area contributed by atoms with E-state index in [1.165, 1.54) is 19.3 Å². The Morgan fingerprint density at radius 2 is 1.82 bits per heavy atom. The number of ether oxygens (including phenoxy) is 1. The summed E-state index contributed by atoms with van der Waals surface area (Å²) in [4.78, 5) is 50.8. The Labute approximate surface area is 220 Å². The molecule has 2 fully saturated rings. The molecule has 11 heteroatoms. The van der Waals surface area contributed by atoms with E-state index in [0.29, 0.717) is 50.2 Å². The number of rotatable bonds is 7. The molecule has 0 unspecified atom stereocenters. The molecule has 1 aromatic carbocycles. The molecule has 2 amide bonds. The smallest absolute Gasteiger partial charge is 0.409 e. The Hall–Kier alpha value is -4.41. The third-order valence-corrected chi connectivity index (χ3v) is 7.13. The highest BCUT2D eigenvalue weighted by Gasteiger charge is 2.29.